The van der Waals surface area contributed by atoms with Crippen molar-refractivity contribution >= 4 is 28.7 Å². The molecule has 0 N–H and O–H groups in total. The smallest absolute Gasteiger partial charge is 0.337 e. The lowest BCUT2D eigenvalue weighted by Crippen LogP contribution is -2.41. The van der Waals surface area contributed by atoms with E-state index in [2.05, 4.69) is 4.98 Å². The first-order valence-corrected chi connectivity index (χ1v) is 9.79. The molecule has 1 aromatic carbocycles. The first-order chi connectivity index (χ1) is 13.8. The Balaban J connectivity index is 2.36. The van der Waals surface area contributed by atoms with Crippen LogP contribution >= 0.6 is 11.6 Å². The van der Waals surface area contributed by atoms with Gasteiger partial charge in [-0.25, -0.2) is 19.1 Å². The number of fused-ring (bicyclic) bond motifs is 1. The van der Waals surface area contributed by atoms with Gasteiger partial charge in [-0.05, 0) is 44.0 Å². The Labute approximate surface area is 172 Å². The standard InChI is InChI=1S/C20H23ClN4O4/c1-5-29-19(27)13(4)24-11-22-17-16(24)18(26)23(10-12(2)3)20(28)25(17)15-8-6-14(21)7-9-15/h6-9,11-13H,5,10H2,1-4H3/t13-/m0/s1. The molecule has 0 radical (unpaired) electrons. The highest BCUT2D eigenvalue weighted by Gasteiger charge is 2.25. The van der Waals surface area contributed by atoms with E-state index in [1.54, 1.807) is 38.1 Å². The van der Waals surface area contributed by atoms with E-state index in [-0.39, 0.29) is 30.2 Å². The third kappa shape index (κ3) is 3.85. The third-order valence-corrected chi connectivity index (χ3v) is 4.79. The Hall–Kier alpha value is -2.87. The van der Waals surface area contributed by atoms with Crippen molar-refractivity contribution in [3.8, 4) is 5.69 Å². The highest BCUT2D eigenvalue weighted by Crippen LogP contribution is 2.19. The fourth-order valence-corrected chi connectivity index (χ4v) is 3.29. The minimum Gasteiger partial charge on any atom is -0.464 e. The summed E-state index contributed by atoms with van der Waals surface area (Å²) in [5.74, 6) is -0.416. The molecule has 1 atom stereocenters. The summed E-state index contributed by atoms with van der Waals surface area (Å²) in [6, 6.07) is 5.91. The number of imidazole rings is 1. The summed E-state index contributed by atoms with van der Waals surface area (Å²) in [6.45, 7) is 7.64. The van der Waals surface area contributed by atoms with Gasteiger partial charge in [0.2, 0.25) is 0 Å². The summed E-state index contributed by atoms with van der Waals surface area (Å²) < 4.78 is 9.08. The number of nitrogens with zero attached hydrogens (tertiary/aromatic N) is 4. The Bertz CT molecular complexity index is 1160. The molecule has 8 nitrogen and oxygen atoms in total. The minimum absolute atomic E-state index is 0.0652. The molecule has 0 aliphatic rings. The van der Waals surface area contributed by atoms with Crippen LogP contribution < -0.4 is 11.2 Å². The SMILES string of the molecule is CCOC(=O)[C@H](C)n1cnc2c1c(=O)n(CC(C)C)c(=O)n2-c1ccc(Cl)cc1. The fraction of sp³-hybridized carbons (Fsp3) is 0.400. The van der Waals surface area contributed by atoms with E-state index < -0.39 is 23.3 Å². The van der Waals surface area contributed by atoms with Crippen LogP contribution in [-0.4, -0.2) is 31.3 Å². The van der Waals surface area contributed by atoms with Crippen molar-refractivity contribution in [2.75, 3.05) is 6.61 Å². The summed E-state index contributed by atoms with van der Waals surface area (Å²) in [5.41, 5.74) is -0.111. The topological polar surface area (TPSA) is 88.1 Å². The van der Waals surface area contributed by atoms with E-state index >= 15 is 0 Å². The van der Waals surface area contributed by atoms with Crippen molar-refractivity contribution in [3.63, 3.8) is 0 Å². The minimum atomic E-state index is -0.767. The normalized spacial score (nSPS) is 12.5. The van der Waals surface area contributed by atoms with Gasteiger partial charge in [-0.15, -0.1) is 0 Å². The lowest BCUT2D eigenvalue weighted by Gasteiger charge is -2.16. The molecule has 154 valence electrons. The second kappa shape index (κ2) is 8.24. The van der Waals surface area contributed by atoms with Gasteiger partial charge in [0.05, 0.1) is 18.6 Å². The summed E-state index contributed by atoms with van der Waals surface area (Å²) in [7, 11) is 0. The predicted octanol–water partition coefficient (Wildman–Crippen LogP) is 2.78. The number of ether oxygens (including phenoxy) is 1. The van der Waals surface area contributed by atoms with Gasteiger partial charge in [0, 0.05) is 11.6 Å². The van der Waals surface area contributed by atoms with E-state index in [1.165, 1.54) is 20.0 Å². The average Bonchev–Trinajstić information content (AvgIpc) is 3.11. The van der Waals surface area contributed by atoms with Crippen LogP contribution in [0.25, 0.3) is 16.9 Å². The molecule has 0 unspecified atom stereocenters. The van der Waals surface area contributed by atoms with Gasteiger partial charge in [-0.2, -0.15) is 0 Å². The molecule has 0 amide bonds. The molecule has 0 saturated carbocycles. The zero-order chi connectivity index (χ0) is 21.3. The van der Waals surface area contributed by atoms with Gasteiger partial charge in [-0.1, -0.05) is 25.4 Å². The van der Waals surface area contributed by atoms with Gasteiger partial charge in [0.1, 0.15) is 6.04 Å². The van der Waals surface area contributed by atoms with Crippen molar-refractivity contribution in [2.24, 2.45) is 5.92 Å². The number of carbonyl (C=O) groups excluding carboxylic acids is 1. The maximum Gasteiger partial charge on any atom is 0.337 e. The lowest BCUT2D eigenvalue weighted by atomic mass is 10.2. The summed E-state index contributed by atoms with van der Waals surface area (Å²) in [6.07, 6.45) is 1.39. The number of carbonyl (C=O) groups is 1. The monoisotopic (exact) mass is 418 g/mol. The van der Waals surface area contributed by atoms with Crippen molar-refractivity contribution in [1.82, 2.24) is 18.7 Å². The second-order valence-electron chi connectivity index (χ2n) is 7.16. The molecule has 9 heteroatoms. The zero-order valence-electron chi connectivity index (χ0n) is 16.8. The molecule has 0 bridgehead atoms. The Morgan fingerprint density at radius 2 is 1.83 bits per heavy atom. The van der Waals surface area contributed by atoms with Crippen molar-refractivity contribution in [1.29, 1.82) is 0 Å². The van der Waals surface area contributed by atoms with Crippen molar-refractivity contribution < 1.29 is 9.53 Å². The van der Waals surface area contributed by atoms with Crippen LogP contribution in [0.3, 0.4) is 0 Å². The van der Waals surface area contributed by atoms with Gasteiger partial charge >= 0.3 is 11.7 Å². The lowest BCUT2D eigenvalue weighted by molar-refractivity contribution is -0.146. The molecular formula is C20H23ClN4O4. The maximum absolute atomic E-state index is 13.2. The number of benzene rings is 1. The summed E-state index contributed by atoms with van der Waals surface area (Å²) in [5, 5.41) is 0.523. The van der Waals surface area contributed by atoms with E-state index in [9.17, 15) is 14.4 Å². The first kappa shape index (κ1) is 20.9. The van der Waals surface area contributed by atoms with Crippen LogP contribution in [0.5, 0.6) is 0 Å². The van der Waals surface area contributed by atoms with Gasteiger partial charge in [0.25, 0.3) is 5.56 Å². The first-order valence-electron chi connectivity index (χ1n) is 9.41. The summed E-state index contributed by atoms with van der Waals surface area (Å²) >= 11 is 5.98. The predicted molar refractivity (Wildman–Crippen MR) is 111 cm³/mol. The van der Waals surface area contributed by atoms with E-state index in [4.69, 9.17) is 16.3 Å². The van der Waals surface area contributed by atoms with Crippen LogP contribution in [0, 0.1) is 5.92 Å². The number of aromatic nitrogens is 4. The zero-order valence-corrected chi connectivity index (χ0v) is 17.5. The Morgan fingerprint density at radius 1 is 1.17 bits per heavy atom. The fourth-order valence-electron chi connectivity index (χ4n) is 3.17. The molecule has 2 heterocycles. The molecule has 2 aromatic heterocycles. The largest absolute Gasteiger partial charge is 0.464 e. The van der Waals surface area contributed by atoms with Gasteiger partial charge < -0.3 is 9.30 Å². The number of hydrogen-bond acceptors (Lipinski definition) is 5. The molecule has 0 saturated heterocycles. The molecule has 0 spiro atoms. The number of rotatable bonds is 6. The van der Waals surface area contributed by atoms with E-state index in [1.807, 2.05) is 13.8 Å². The Kier molecular flexibility index (Phi) is 5.93. The quantitative estimate of drug-likeness (QED) is 0.574. The van der Waals surface area contributed by atoms with Crippen LogP contribution in [-0.2, 0) is 16.1 Å². The number of esters is 1. The highest BCUT2D eigenvalue weighted by atomic mass is 35.5. The highest BCUT2D eigenvalue weighted by molar-refractivity contribution is 6.30. The molecule has 0 aliphatic heterocycles. The maximum atomic E-state index is 13.2. The van der Waals surface area contributed by atoms with Crippen molar-refractivity contribution in [3.05, 3.63) is 56.5 Å². The average molecular weight is 419 g/mol. The van der Waals surface area contributed by atoms with E-state index in [0.717, 1.165) is 0 Å². The number of halogens is 1. The molecular weight excluding hydrogens is 396 g/mol. The third-order valence-electron chi connectivity index (χ3n) is 4.53. The number of hydrogen-bond donors (Lipinski definition) is 0. The molecule has 3 rings (SSSR count). The van der Waals surface area contributed by atoms with Crippen LogP contribution in [0.1, 0.15) is 33.7 Å². The summed E-state index contributed by atoms with van der Waals surface area (Å²) in [4.78, 5) is 42.9. The molecule has 29 heavy (non-hydrogen) atoms. The van der Waals surface area contributed by atoms with Crippen LogP contribution in [0.4, 0.5) is 0 Å². The molecule has 0 fully saturated rings. The Morgan fingerprint density at radius 3 is 2.41 bits per heavy atom. The van der Waals surface area contributed by atoms with Crippen LogP contribution in [0.2, 0.25) is 5.02 Å². The second-order valence-corrected chi connectivity index (χ2v) is 7.59. The van der Waals surface area contributed by atoms with E-state index in [0.29, 0.717) is 10.7 Å². The molecule has 0 aliphatic carbocycles. The van der Waals surface area contributed by atoms with Crippen LogP contribution in [0.15, 0.2) is 40.2 Å². The molecule has 3 aromatic rings. The van der Waals surface area contributed by atoms with Crippen molar-refractivity contribution in [2.45, 2.75) is 40.3 Å². The van der Waals surface area contributed by atoms with Gasteiger partial charge in [-0.3, -0.25) is 9.36 Å². The van der Waals surface area contributed by atoms with Gasteiger partial charge in [0.15, 0.2) is 11.2 Å².